The van der Waals surface area contributed by atoms with Gasteiger partial charge in [-0.25, -0.2) is 0 Å². The second-order valence-corrected chi connectivity index (χ2v) is 15.4. The summed E-state index contributed by atoms with van der Waals surface area (Å²) in [6.07, 6.45) is 16.3. The number of carbonyl (C=O) groups is 1. The molecular formula is C22H34O2Ti. The molecule has 2 nitrogen and oxygen atoms in total. The van der Waals surface area contributed by atoms with Gasteiger partial charge in [-0.2, -0.15) is 0 Å². The normalized spacial score (nSPS) is 25.8. The summed E-state index contributed by atoms with van der Waals surface area (Å²) in [6, 6.07) is 0. The van der Waals surface area contributed by atoms with Crippen molar-refractivity contribution in [2.75, 3.05) is 0 Å². The summed E-state index contributed by atoms with van der Waals surface area (Å²) in [5.74, 6) is 0.354. The van der Waals surface area contributed by atoms with Crippen LogP contribution in [0.5, 0.6) is 0 Å². The zero-order valence-electron chi connectivity index (χ0n) is 16.2. The zero-order valence-corrected chi connectivity index (χ0v) is 17.7. The van der Waals surface area contributed by atoms with Crippen LogP contribution in [0.1, 0.15) is 83.5 Å². The number of carbonyl (C=O) groups excluding carboxylic acids is 1. The van der Waals surface area contributed by atoms with Crippen LogP contribution in [0.2, 0.25) is 14.7 Å². The van der Waals surface area contributed by atoms with Gasteiger partial charge >= 0.3 is 157 Å². The van der Waals surface area contributed by atoms with Gasteiger partial charge in [-0.15, -0.1) is 0 Å². The molecule has 0 saturated heterocycles. The fourth-order valence-corrected chi connectivity index (χ4v) is 10.8. The van der Waals surface area contributed by atoms with Crippen molar-refractivity contribution in [3.8, 4) is 0 Å². The molecule has 0 atom stereocenters. The molecular weight excluding hydrogens is 344 g/mol. The SMILES string of the molecule is [CH3][Ti]([CH3])([O]C(=O)C1CCCCC1)[CH]1C2=C(CCCC2)C2=C1CCCC2. The molecule has 0 unspecified atom stereocenters. The first-order chi connectivity index (χ1) is 12.1. The second-order valence-electron chi connectivity index (χ2n) is 9.21. The number of rotatable bonds is 3. The number of hydrogen-bond donors (Lipinski definition) is 0. The Balaban J connectivity index is 1.58. The van der Waals surface area contributed by atoms with Crippen molar-refractivity contribution < 1.29 is 25.1 Å². The summed E-state index contributed by atoms with van der Waals surface area (Å²) in [5, 5.41) is 4.74. The number of hydrogen-bond acceptors (Lipinski definition) is 2. The Kier molecular flexibility index (Phi) is 5.31. The Hall–Kier alpha value is -0.336. The molecule has 4 aliphatic carbocycles. The molecule has 0 aliphatic heterocycles. The van der Waals surface area contributed by atoms with Gasteiger partial charge in [-0.05, 0) is 0 Å². The van der Waals surface area contributed by atoms with Crippen LogP contribution in [-0.4, -0.2) is 5.97 Å². The minimum absolute atomic E-state index is 0.160. The molecule has 1 fully saturated rings. The number of allylic oxidation sites excluding steroid dienone is 4. The molecule has 4 aliphatic rings. The summed E-state index contributed by atoms with van der Waals surface area (Å²) in [4.78, 5) is 12.9. The molecule has 138 valence electrons. The van der Waals surface area contributed by atoms with Crippen LogP contribution in [-0.2, 0) is 25.1 Å². The quantitative estimate of drug-likeness (QED) is 0.504. The van der Waals surface area contributed by atoms with E-state index in [2.05, 4.69) is 10.5 Å². The molecule has 25 heavy (non-hydrogen) atoms. The van der Waals surface area contributed by atoms with Crippen LogP contribution in [0.15, 0.2) is 22.3 Å². The average Bonchev–Trinajstić information content (AvgIpc) is 2.97. The van der Waals surface area contributed by atoms with E-state index in [0.29, 0.717) is 4.22 Å². The first-order valence-electron chi connectivity index (χ1n) is 10.7. The van der Waals surface area contributed by atoms with Crippen LogP contribution in [0.3, 0.4) is 0 Å². The van der Waals surface area contributed by atoms with Gasteiger partial charge in [0.25, 0.3) is 0 Å². The Morgan fingerprint density at radius 3 is 1.88 bits per heavy atom. The molecule has 0 bridgehead atoms. The fraction of sp³-hybridized carbons (Fsp3) is 0.773. The summed E-state index contributed by atoms with van der Waals surface area (Å²) >= 11 is -2.70. The van der Waals surface area contributed by atoms with Gasteiger partial charge in [0.2, 0.25) is 0 Å². The average molecular weight is 378 g/mol. The third-order valence-electron chi connectivity index (χ3n) is 7.08. The van der Waals surface area contributed by atoms with Crippen molar-refractivity contribution >= 4 is 5.97 Å². The monoisotopic (exact) mass is 378 g/mol. The summed E-state index contributed by atoms with van der Waals surface area (Å²) in [7, 11) is 0. The Morgan fingerprint density at radius 1 is 0.800 bits per heavy atom. The van der Waals surface area contributed by atoms with Crippen molar-refractivity contribution in [3.63, 3.8) is 0 Å². The van der Waals surface area contributed by atoms with Crippen molar-refractivity contribution in [2.24, 2.45) is 5.92 Å². The fourth-order valence-electron chi connectivity index (χ4n) is 5.97. The molecule has 4 rings (SSSR count). The molecule has 0 radical (unpaired) electrons. The van der Waals surface area contributed by atoms with Gasteiger partial charge < -0.3 is 0 Å². The second kappa shape index (κ2) is 7.35. The van der Waals surface area contributed by atoms with Crippen LogP contribution in [0, 0.1) is 5.92 Å². The van der Waals surface area contributed by atoms with E-state index in [0.717, 1.165) is 12.8 Å². The van der Waals surface area contributed by atoms with E-state index in [1.807, 2.05) is 0 Å². The molecule has 0 heterocycles. The molecule has 0 aromatic heterocycles. The van der Waals surface area contributed by atoms with Crippen molar-refractivity contribution in [1.29, 1.82) is 0 Å². The van der Waals surface area contributed by atoms with E-state index in [-0.39, 0.29) is 11.9 Å². The summed E-state index contributed by atoms with van der Waals surface area (Å²) in [5.41, 5.74) is 6.89. The zero-order chi connectivity index (χ0) is 17.4. The van der Waals surface area contributed by atoms with Crippen LogP contribution >= 0.6 is 0 Å². The molecule has 1 saturated carbocycles. The first-order valence-corrected chi connectivity index (χ1v) is 15.4. The van der Waals surface area contributed by atoms with E-state index in [1.165, 1.54) is 70.6 Å². The predicted octanol–water partition coefficient (Wildman–Crippen LogP) is 6.82. The third kappa shape index (κ3) is 3.46. The Labute approximate surface area is 157 Å². The van der Waals surface area contributed by atoms with Gasteiger partial charge in [0, 0.05) is 0 Å². The molecule has 0 spiro atoms. The maximum absolute atomic E-state index is 12.9. The van der Waals surface area contributed by atoms with Crippen molar-refractivity contribution in [2.45, 2.75) is 98.2 Å². The topological polar surface area (TPSA) is 26.3 Å². The van der Waals surface area contributed by atoms with E-state index in [9.17, 15) is 4.79 Å². The van der Waals surface area contributed by atoms with Gasteiger partial charge in [0.15, 0.2) is 0 Å². The molecule has 3 heteroatoms. The van der Waals surface area contributed by atoms with E-state index < -0.39 is 17.0 Å². The van der Waals surface area contributed by atoms with Crippen molar-refractivity contribution in [1.82, 2.24) is 0 Å². The summed E-state index contributed by atoms with van der Waals surface area (Å²) in [6.45, 7) is 0. The van der Waals surface area contributed by atoms with Gasteiger partial charge in [-0.1, -0.05) is 0 Å². The number of fused-ring (bicyclic) bond motifs is 1. The van der Waals surface area contributed by atoms with Crippen LogP contribution in [0.4, 0.5) is 0 Å². The van der Waals surface area contributed by atoms with Crippen molar-refractivity contribution in [3.05, 3.63) is 22.3 Å². The molecule has 0 N–H and O–H groups in total. The van der Waals surface area contributed by atoms with Gasteiger partial charge in [-0.3, -0.25) is 0 Å². The molecule has 0 amide bonds. The van der Waals surface area contributed by atoms with E-state index in [1.54, 1.807) is 22.3 Å². The molecule has 0 aromatic carbocycles. The minimum atomic E-state index is -2.70. The van der Waals surface area contributed by atoms with Gasteiger partial charge in [0.1, 0.15) is 0 Å². The summed E-state index contributed by atoms with van der Waals surface area (Å²) < 4.78 is 6.99. The standard InChI is InChI=1S/C13H17.C7H12O2.2CH3.Ti/c1-3-7-12-10(5-1)9-11-6-2-4-8-13(11)12;8-7(9)6-4-2-1-3-5-6;;;/h9H,1-8H2;6H,1-5H2,(H,8,9);2*1H3;/q;;;;+1/p-1. The van der Waals surface area contributed by atoms with E-state index >= 15 is 0 Å². The van der Waals surface area contributed by atoms with Crippen LogP contribution < -0.4 is 0 Å². The Morgan fingerprint density at radius 2 is 1.32 bits per heavy atom. The van der Waals surface area contributed by atoms with Gasteiger partial charge in [0.05, 0.1) is 0 Å². The molecule has 0 aromatic rings. The predicted molar refractivity (Wildman–Crippen MR) is 99.1 cm³/mol. The first kappa shape index (κ1) is 18.0. The Bertz CT molecular complexity index is 576. The maximum atomic E-state index is 12.9. The van der Waals surface area contributed by atoms with E-state index in [4.69, 9.17) is 3.32 Å². The third-order valence-corrected chi connectivity index (χ3v) is 11.5. The van der Waals surface area contributed by atoms with Crippen LogP contribution in [0.25, 0.3) is 0 Å².